The molecule has 0 spiro atoms. The molecule has 2 N–H and O–H groups in total. The highest BCUT2D eigenvalue weighted by Gasteiger charge is 2.25. The summed E-state index contributed by atoms with van der Waals surface area (Å²) in [6, 6.07) is 4.49. The molecule has 4 nitrogen and oxygen atoms in total. The predicted octanol–water partition coefficient (Wildman–Crippen LogP) is 2.24. The molecule has 0 aliphatic carbocycles. The van der Waals surface area contributed by atoms with E-state index in [1.165, 1.54) is 10.4 Å². The van der Waals surface area contributed by atoms with Gasteiger partial charge in [-0.2, -0.15) is 4.98 Å². The zero-order valence-electron chi connectivity index (χ0n) is 9.63. The van der Waals surface area contributed by atoms with Crippen LogP contribution in [-0.4, -0.2) is 16.5 Å². The Kier molecular flexibility index (Phi) is 2.48. The predicted molar refractivity (Wildman–Crippen MR) is 70.2 cm³/mol. The van der Waals surface area contributed by atoms with Crippen molar-refractivity contribution in [2.45, 2.75) is 19.4 Å². The Morgan fingerprint density at radius 1 is 1.47 bits per heavy atom. The molecule has 2 aromatic heterocycles. The van der Waals surface area contributed by atoms with E-state index in [0.717, 1.165) is 18.8 Å². The van der Waals surface area contributed by atoms with Gasteiger partial charge in [-0.1, -0.05) is 0 Å². The van der Waals surface area contributed by atoms with Crippen molar-refractivity contribution in [3.8, 4) is 0 Å². The summed E-state index contributed by atoms with van der Waals surface area (Å²) in [4.78, 5) is 12.0. The van der Waals surface area contributed by atoms with Crippen LogP contribution in [0.5, 0.6) is 0 Å². The van der Waals surface area contributed by atoms with E-state index in [1.807, 2.05) is 17.4 Å². The number of nitrogens with two attached hydrogens (primary N) is 1. The van der Waals surface area contributed by atoms with Crippen molar-refractivity contribution in [1.29, 1.82) is 0 Å². The van der Waals surface area contributed by atoms with Crippen molar-refractivity contribution < 1.29 is 0 Å². The van der Waals surface area contributed by atoms with Gasteiger partial charge in [0.15, 0.2) is 0 Å². The summed E-state index contributed by atoms with van der Waals surface area (Å²) in [5.41, 5.74) is 7.05. The maximum atomic E-state index is 5.64. The normalized spacial score (nSPS) is 19.1. The molecular formula is C12H14N4S. The molecule has 3 heterocycles. The first-order valence-corrected chi connectivity index (χ1v) is 6.55. The Balaban J connectivity index is 1.96. The van der Waals surface area contributed by atoms with Gasteiger partial charge in [0, 0.05) is 17.6 Å². The van der Waals surface area contributed by atoms with Crippen LogP contribution >= 0.6 is 11.3 Å². The number of hydrogen-bond donors (Lipinski definition) is 1. The molecule has 2 aromatic rings. The van der Waals surface area contributed by atoms with Crippen LogP contribution in [0.15, 0.2) is 23.7 Å². The minimum Gasteiger partial charge on any atom is -0.368 e. The topological polar surface area (TPSA) is 55.0 Å². The van der Waals surface area contributed by atoms with Crippen molar-refractivity contribution >= 4 is 23.1 Å². The van der Waals surface area contributed by atoms with Crippen LogP contribution in [0, 0.1) is 0 Å². The molecule has 1 unspecified atom stereocenters. The smallest absolute Gasteiger partial charge is 0.221 e. The average molecular weight is 246 g/mol. The number of nitrogens with zero attached hydrogens (tertiary/aromatic N) is 3. The number of hydrogen-bond acceptors (Lipinski definition) is 5. The zero-order chi connectivity index (χ0) is 11.8. The lowest BCUT2D eigenvalue weighted by Gasteiger charge is -2.34. The van der Waals surface area contributed by atoms with Crippen LogP contribution in [0.3, 0.4) is 0 Å². The molecule has 17 heavy (non-hydrogen) atoms. The number of anilines is 2. The second kappa shape index (κ2) is 4.00. The highest BCUT2D eigenvalue weighted by molar-refractivity contribution is 7.10. The molecule has 1 atom stereocenters. The molecule has 0 fully saturated rings. The first-order valence-electron chi connectivity index (χ1n) is 5.67. The Morgan fingerprint density at radius 2 is 2.35 bits per heavy atom. The Labute approximate surface area is 104 Å². The number of aromatic nitrogens is 2. The third-order valence-corrected chi connectivity index (χ3v) is 4.23. The van der Waals surface area contributed by atoms with Crippen LogP contribution in [0.25, 0.3) is 0 Å². The Bertz CT molecular complexity index is 537. The van der Waals surface area contributed by atoms with Crippen LogP contribution < -0.4 is 10.6 Å². The van der Waals surface area contributed by atoms with Gasteiger partial charge in [0.05, 0.1) is 6.04 Å². The Hall–Kier alpha value is -1.62. The molecule has 1 aliphatic rings. The second-order valence-corrected chi connectivity index (χ2v) is 5.19. The summed E-state index contributed by atoms with van der Waals surface area (Å²) < 4.78 is 0. The van der Waals surface area contributed by atoms with E-state index in [2.05, 4.69) is 33.2 Å². The van der Waals surface area contributed by atoms with Gasteiger partial charge in [0.1, 0.15) is 5.82 Å². The molecule has 1 aliphatic heterocycles. The minimum atomic E-state index is 0.339. The summed E-state index contributed by atoms with van der Waals surface area (Å²) >= 11 is 1.85. The first-order chi connectivity index (χ1) is 8.25. The monoisotopic (exact) mass is 246 g/mol. The maximum absolute atomic E-state index is 5.64. The van der Waals surface area contributed by atoms with Crippen LogP contribution in [0.4, 0.5) is 11.8 Å². The molecule has 0 radical (unpaired) electrons. The van der Waals surface area contributed by atoms with Gasteiger partial charge in [-0.25, -0.2) is 4.98 Å². The molecule has 0 amide bonds. The standard InChI is InChI=1S/C12H14N4S/c1-8-9-4-7-17-10(9)3-6-16(8)11-2-5-14-12(13)15-11/h2,4-5,7-8H,3,6H2,1H3,(H2,13,14,15). The van der Waals surface area contributed by atoms with Crippen molar-refractivity contribution in [1.82, 2.24) is 9.97 Å². The second-order valence-electron chi connectivity index (χ2n) is 4.19. The van der Waals surface area contributed by atoms with Gasteiger partial charge in [-0.05, 0) is 36.4 Å². The average Bonchev–Trinajstić information content (AvgIpc) is 2.78. The third kappa shape index (κ3) is 1.76. The summed E-state index contributed by atoms with van der Waals surface area (Å²) in [5, 5.41) is 2.17. The maximum Gasteiger partial charge on any atom is 0.221 e. The molecule has 0 bridgehead atoms. The lowest BCUT2D eigenvalue weighted by Crippen LogP contribution is -2.33. The fourth-order valence-electron chi connectivity index (χ4n) is 2.35. The fraction of sp³-hybridized carbons (Fsp3) is 0.333. The number of nitrogen functional groups attached to an aromatic ring is 1. The summed E-state index contributed by atoms with van der Waals surface area (Å²) in [5.74, 6) is 1.26. The van der Waals surface area contributed by atoms with Gasteiger partial charge in [-0.15, -0.1) is 11.3 Å². The number of fused-ring (bicyclic) bond motifs is 1. The SMILES string of the molecule is CC1c2ccsc2CCN1c1ccnc(N)n1. The number of thiophene rings is 1. The quantitative estimate of drug-likeness (QED) is 0.838. The Morgan fingerprint density at radius 3 is 3.18 bits per heavy atom. The molecule has 3 rings (SSSR count). The van der Waals surface area contributed by atoms with Crippen LogP contribution in [0.2, 0.25) is 0 Å². The van der Waals surface area contributed by atoms with Crippen molar-refractivity contribution in [2.24, 2.45) is 0 Å². The molecule has 0 saturated carbocycles. The summed E-state index contributed by atoms with van der Waals surface area (Å²) in [6.07, 6.45) is 2.80. The molecule has 88 valence electrons. The van der Waals surface area contributed by atoms with E-state index < -0.39 is 0 Å². The van der Waals surface area contributed by atoms with Gasteiger partial charge in [-0.3, -0.25) is 0 Å². The molecular weight excluding hydrogens is 232 g/mol. The summed E-state index contributed by atoms with van der Waals surface area (Å²) in [7, 11) is 0. The van der Waals surface area contributed by atoms with E-state index in [-0.39, 0.29) is 0 Å². The minimum absolute atomic E-state index is 0.339. The van der Waals surface area contributed by atoms with Gasteiger partial charge >= 0.3 is 0 Å². The van der Waals surface area contributed by atoms with Crippen molar-refractivity contribution in [2.75, 3.05) is 17.2 Å². The van der Waals surface area contributed by atoms with E-state index in [0.29, 0.717) is 12.0 Å². The third-order valence-electron chi connectivity index (χ3n) is 3.23. The van der Waals surface area contributed by atoms with E-state index >= 15 is 0 Å². The lowest BCUT2D eigenvalue weighted by atomic mass is 10.0. The fourth-order valence-corrected chi connectivity index (χ4v) is 3.31. The van der Waals surface area contributed by atoms with Crippen LogP contribution in [-0.2, 0) is 6.42 Å². The molecule has 5 heteroatoms. The summed E-state index contributed by atoms with van der Waals surface area (Å²) in [6.45, 7) is 3.20. The van der Waals surface area contributed by atoms with E-state index in [4.69, 9.17) is 5.73 Å². The van der Waals surface area contributed by atoms with Gasteiger partial charge in [0.25, 0.3) is 0 Å². The van der Waals surface area contributed by atoms with Crippen molar-refractivity contribution in [3.63, 3.8) is 0 Å². The van der Waals surface area contributed by atoms with Crippen molar-refractivity contribution in [3.05, 3.63) is 34.2 Å². The van der Waals surface area contributed by atoms with Crippen LogP contribution in [0.1, 0.15) is 23.4 Å². The highest BCUT2D eigenvalue weighted by Crippen LogP contribution is 2.35. The number of rotatable bonds is 1. The zero-order valence-corrected chi connectivity index (χ0v) is 10.4. The highest BCUT2D eigenvalue weighted by atomic mass is 32.1. The molecule has 0 aromatic carbocycles. The lowest BCUT2D eigenvalue weighted by molar-refractivity contribution is 0.624. The van der Waals surface area contributed by atoms with Gasteiger partial charge < -0.3 is 10.6 Å². The largest absolute Gasteiger partial charge is 0.368 e. The van der Waals surface area contributed by atoms with Gasteiger partial charge in [0.2, 0.25) is 5.95 Å². The van der Waals surface area contributed by atoms with E-state index in [9.17, 15) is 0 Å². The first kappa shape index (κ1) is 10.5. The molecule has 0 saturated heterocycles. The van der Waals surface area contributed by atoms with E-state index in [1.54, 1.807) is 6.20 Å².